The van der Waals surface area contributed by atoms with E-state index in [0.717, 1.165) is 37.9 Å². The number of hydrogen-bond donors (Lipinski definition) is 5. The first-order chi connectivity index (χ1) is 21.8. The molecule has 47 heavy (non-hydrogen) atoms. The van der Waals surface area contributed by atoms with E-state index in [0.29, 0.717) is 6.54 Å². The molecular weight excluding hydrogens is 614 g/mol. The molecule has 3 aliphatic rings. The van der Waals surface area contributed by atoms with E-state index in [4.69, 9.17) is 6.42 Å². The van der Waals surface area contributed by atoms with Crippen LogP contribution < -0.4 is 21.3 Å². The molecule has 5 N–H and O–H groups in total. The number of carbonyl (C=O) groups excluding carboxylic acids is 4. The number of ketones is 1. The average Bonchev–Trinajstić information content (AvgIpc) is 3.29. The summed E-state index contributed by atoms with van der Waals surface area (Å²) in [5.74, 6) is 1.61. The van der Waals surface area contributed by atoms with Gasteiger partial charge in [0.25, 0.3) is 5.91 Å². The summed E-state index contributed by atoms with van der Waals surface area (Å²) in [7, 11) is 0. The summed E-state index contributed by atoms with van der Waals surface area (Å²) in [5, 5.41) is 23.5. The number of amides is 4. The first-order valence-corrected chi connectivity index (χ1v) is 18.1. The highest BCUT2D eigenvalue weighted by Crippen LogP contribution is 2.65. The minimum absolute atomic E-state index is 0.0266. The van der Waals surface area contributed by atoms with Gasteiger partial charge in [0.05, 0.1) is 17.6 Å². The second kappa shape index (κ2) is 15.3. The maximum absolute atomic E-state index is 14.4. The number of hydrogen-bond acceptors (Lipinski definition) is 7. The van der Waals surface area contributed by atoms with Gasteiger partial charge in [0, 0.05) is 30.0 Å². The van der Waals surface area contributed by atoms with Gasteiger partial charge < -0.3 is 26.0 Å². The number of piperidine rings is 1. The lowest BCUT2D eigenvalue weighted by Crippen LogP contribution is -2.64. The zero-order chi connectivity index (χ0) is 35.4. The Morgan fingerprint density at radius 2 is 1.74 bits per heavy atom. The Labute approximate surface area is 286 Å². The van der Waals surface area contributed by atoms with E-state index >= 15 is 0 Å². The van der Waals surface area contributed by atoms with E-state index in [1.54, 1.807) is 4.90 Å². The monoisotopic (exact) mass is 673 g/mol. The van der Waals surface area contributed by atoms with Gasteiger partial charge in [-0.2, -0.15) is 11.8 Å². The predicted octanol–water partition coefficient (Wildman–Crippen LogP) is 3.98. The summed E-state index contributed by atoms with van der Waals surface area (Å²) < 4.78 is 0.0562. The van der Waals surface area contributed by atoms with Crippen LogP contribution in [0.4, 0.5) is 4.79 Å². The minimum Gasteiger partial charge on any atom is -0.376 e. The molecule has 11 heteroatoms. The number of carbonyl (C=O) groups is 4. The van der Waals surface area contributed by atoms with E-state index in [1.807, 2.05) is 32.5 Å². The number of terminal acetylenes is 1. The average molecular weight is 674 g/mol. The summed E-state index contributed by atoms with van der Waals surface area (Å²) in [6, 6.07) is -2.93. The summed E-state index contributed by atoms with van der Waals surface area (Å²) in [6.45, 7) is 20.6. The van der Waals surface area contributed by atoms with E-state index < -0.39 is 41.5 Å². The van der Waals surface area contributed by atoms with Crippen LogP contribution in [-0.4, -0.2) is 87.1 Å². The first-order valence-electron chi connectivity index (χ1n) is 17.1. The number of likely N-dealkylation sites (tertiary alicyclic amines) is 1. The van der Waals surface area contributed by atoms with Crippen LogP contribution in [0.25, 0.3) is 0 Å². The predicted molar refractivity (Wildman–Crippen MR) is 188 cm³/mol. The largest absolute Gasteiger partial charge is 0.376 e. The first kappa shape index (κ1) is 38.9. The molecule has 3 fully saturated rings. The second-order valence-electron chi connectivity index (χ2n) is 16.3. The molecule has 0 spiro atoms. The van der Waals surface area contributed by atoms with Gasteiger partial charge in [-0.25, -0.2) is 4.79 Å². The van der Waals surface area contributed by atoms with E-state index in [2.05, 4.69) is 68.4 Å². The fraction of sp³-hybridized carbons (Fsp3) is 0.778. The molecular formula is C36H59N5O5S. The highest BCUT2D eigenvalue weighted by molar-refractivity contribution is 8.00. The molecule has 1 heterocycles. The SMILES string of the molecule is C#CCCC(NC(O)C1C2C(CN1C(=O)[C@@H](NC(=O)NC1(CSC(C)(C)C)CCCCC1)C(C)(C)C)C2(C)C)C(=O)C(=O)NCC=C. The molecule has 264 valence electrons. The molecule has 0 aromatic heterocycles. The number of urea groups is 1. The molecule has 10 nitrogen and oxygen atoms in total. The van der Waals surface area contributed by atoms with Gasteiger partial charge in [-0.15, -0.1) is 18.9 Å². The third-order valence-electron chi connectivity index (χ3n) is 10.1. The molecule has 0 aromatic rings. The highest BCUT2D eigenvalue weighted by Gasteiger charge is 2.69. The molecule has 1 aliphatic heterocycles. The van der Waals surface area contributed by atoms with Crippen molar-refractivity contribution in [3.05, 3.63) is 12.7 Å². The van der Waals surface area contributed by atoms with Crippen LogP contribution in [0, 0.1) is 35.0 Å². The lowest BCUT2D eigenvalue weighted by Gasteiger charge is -2.42. The molecule has 1 saturated heterocycles. The van der Waals surface area contributed by atoms with Gasteiger partial charge in [0.15, 0.2) is 0 Å². The number of Topliss-reactive ketones (excluding diaryl/α,β-unsaturated/α-hetero) is 1. The van der Waals surface area contributed by atoms with Gasteiger partial charge in [0.1, 0.15) is 12.3 Å². The summed E-state index contributed by atoms with van der Waals surface area (Å²) >= 11 is 1.84. The van der Waals surface area contributed by atoms with Crippen LogP contribution in [0.3, 0.4) is 0 Å². The van der Waals surface area contributed by atoms with E-state index in [-0.39, 0.29) is 58.9 Å². The third kappa shape index (κ3) is 9.76. The smallest absolute Gasteiger partial charge is 0.315 e. The fourth-order valence-electron chi connectivity index (χ4n) is 7.29. The van der Waals surface area contributed by atoms with Crippen LogP contribution in [0.1, 0.15) is 100 Å². The van der Waals surface area contributed by atoms with Crippen molar-refractivity contribution in [2.45, 2.75) is 135 Å². The highest BCUT2D eigenvalue weighted by atomic mass is 32.2. The van der Waals surface area contributed by atoms with Gasteiger partial charge in [-0.3, -0.25) is 19.7 Å². The van der Waals surface area contributed by atoms with Crippen LogP contribution in [0.15, 0.2) is 12.7 Å². The molecule has 2 aliphatic carbocycles. The molecule has 0 aromatic carbocycles. The maximum Gasteiger partial charge on any atom is 0.315 e. The van der Waals surface area contributed by atoms with Crippen molar-refractivity contribution < 1.29 is 24.3 Å². The Morgan fingerprint density at radius 1 is 1.11 bits per heavy atom. The van der Waals surface area contributed by atoms with Crippen molar-refractivity contribution in [3.8, 4) is 12.3 Å². The van der Waals surface area contributed by atoms with Gasteiger partial charge >= 0.3 is 6.03 Å². The summed E-state index contributed by atoms with van der Waals surface area (Å²) in [4.78, 5) is 55.4. The Bertz CT molecular complexity index is 1210. The molecule has 6 atom stereocenters. The van der Waals surface area contributed by atoms with Crippen molar-refractivity contribution in [1.82, 2.24) is 26.2 Å². The zero-order valence-corrected chi connectivity index (χ0v) is 30.6. The number of aliphatic hydroxyl groups is 1. The number of thioether (sulfide) groups is 1. The van der Waals surface area contributed by atoms with Gasteiger partial charge in [-0.1, -0.05) is 80.7 Å². The number of rotatable bonds is 14. The number of aliphatic hydroxyl groups excluding tert-OH is 1. The number of fused-ring (bicyclic) bond motifs is 1. The lowest BCUT2D eigenvalue weighted by atomic mass is 9.83. The Morgan fingerprint density at radius 3 is 2.30 bits per heavy atom. The molecule has 2 saturated carbocycles. The topological polar surface area (TPSA) is 140 Å². The van der Waals surface area contributed by atoms with Crippen molar-refractivity contribution >= 4 is 35.4 Å². The lowest BCUT2D eigenvalue weighted by molar-refractivity contribution is -0.143. The molecule has 0 bridgehead atoms. The van der Waals surface area contributed by atoms with Gasteiger partial charge in [-0.05, 0) is 41.9 Å². The Kier molecular flexibility index (Phi) is 12.7. The molecule has 3 rings (SSSR count). The van der Waals surface area contributed by atoms with E-state index in [1.165, 1.54) is 6.08 Å². The van der Waals surface area contributed by atoms with Crippen molar-refractivity contribution in [3.63, 3.8) is 0 Å². The number of nitrogens with zero attached hydrogens (tertiary/aromatic N) is 1. The molecule has 4 amide bonds. The number of nitrogens with one attached hydrogen (secondary N) is 4. The normalized spacial score (nSPS) is 24.9. The standard InChI is InChI=1S/C36H59N5O5S/c1-11-13-17-24(27(42)30(44)37-20-12-2)38-29(43)26-25-23(35(25,9)10)21-41(26)31(45)28(33(3,4)5)39-32(46)40-36(18-15-14-16-19-36)22-47-34(6,7)8/h1,12,23-26,28-29,38,43H,2,13-22H2,3-10H3,(H,37,44)(H2,39,40,46)/t23?,24?,25?,26?,28-,29?/m1/s1. The fourth-order valence-corrected chi connectivity index (χ4v) is 8.36. The van der Waals surface area contributed by atoms with Gasteiger partial charge in [0.2, 0.25) is 11.7 Å². The molecule has 0 radical (unpaired) electrons. The summed E-state index contributed by atoms with van der Waals surface area (Å²) in [6.07, 6.45) is 11.0. The maximum atomic E-state index is 14.4. The van der Waals surface area contributed by atoms with Crippen molar-refractivity contribution in [2.24, 2.45) is 22.7 Å². The van der Waals surface area contributed by atoms with Crippen molar-refractivity contribution in [1.29, 1.82) is 0 Å². The zero-order valence-electron chi connectivity index (χ0n) is 29.8. The van der Waals surface area contributed by atoms with Crippen LogP contribution >= 0.6 is 11.8 Å². The van der Waals surface area contributed by atoms with Crippen LogP contribution in [0.5, 0.6) is 0 Å². The third-order valence-corrected chi connectivity index (χ3v) is 11.7. The second-order valence-corrected chi connectivity index (χ2v) is 18.1. The quantitative estimate of drug-likeness (QED) is 0.0814. The Hall–Kier alpha value is -2.55. The van der Waals surface area contributed by atoms with E-state index in [9.17, 15) is 24.3 Å². The summed E-state index contributed by atoms with van der Waals surface area (Å²) in [5.41, 5.74) is -1.09. The van der Waals surface area contributed by atoms with Crippen LogP contribution in [0.2, 0.25) is 0 Å². The molecule has 5 unspecified atom stereocenters. The van der Waals surface area contributed by atoms with Crippen LogP contribution in [-0.2, 0) is 14.4 Å². The minimum atomic E-state index is -1.30. The Balaban J connectivity index is 1.82. The van der Waals surface area contributed by atoms with Crippen molar-refractivity contribution in [2.75, 3.05) is 18.8 Å².